The molecule has 2 atom stereocenters. The van der Waals surface area contributed by atoms with E-state index in [9.17, 15) is 5.11 Å². The van der Waals surface area contributed by atoms with Gasteiger partial charge < -0.3 is 9.84 Å². The Bertz CT molecular complexity index is 492. The highest BCUT2D eigenvalue weighted by Gasteiger charge is 2.26. The Hall–Kier alpha value is -0.940. The van der Waals surface area contributed by atoms with Gasteiger partial charge in [0.05, 0.1) is 12.7 Å². The first-order chi connectivity index (χ1) is 11.0. The van der Waals surface area contributed by atoms with Gasteiger partial charge in [-0.25, -0.2) is 0 Å². The third-order valence-electron chi connectivity index (χ3n) is 5.09. The zero-order valence-corrected chi connectivity index (χ0v) is 15.1. The van der Waals surface area contributed by atoms with Gasteiger partial charge in [0.15, 0.2) is 0 Å². The van der Waals surface area contributed by atoms with Crippen molar-refractivity contribution >= 4 is 0 Å². The molecule has 0 spiro atoms. The van der Waals surface area contributed by atoms with Crippen molar-refractivity contribution in [2.75, 3.05) is 46.4 Å². The highest BCUT2D eigenvalue weighted by Crippen LogP contribution is 2.20. The molecule has 0 saturated carbocycles. The molecule has 23 heavy (non-hydrogen) atoms. The molecule has 1 saturated heterocycles. The number of aliphatic hydroxyl groups is 1. The van der Waals surface area contributed by atoms with Gasteiger partial charge in [0.1, 0.15) is 0 Å². The average molecular weight is 320 g/mol. The Morgan fingerprint density at radius 1 is 1.26 bits per heavy atom. The van der Waals surface area contributed by atoms with Crippen LogP contribution < -0.4 is 0 Å². The fraction of sp³-hybridized carbons (Fsp3) is 0.684. The van der Waals surface area contributed by atoms with Crippen LogP contribution in [0.2, 0.25) is 0 Å². The lowest BCUT2D eigenvalue weighted by atomic mass is 10.0. The van der Waals surface area contributed by atoms with Crippen LogP contribution in [0.15, 0.2) is 18.2 Å². The van der Waals surface area contributed by atoms with Crippen molar-refractivity contribution in [3.05, 3.63) is 34.9 Å². The number of hydrogen-bond acceptors (Lipinski definition) is 4. The van der Waals surface area contributed by atoms with Gasteiger partial charge in [-0.05, 0) is 37.0 Å². The van der Waals surface area contributed by atoms with Crippen LogP contribution in [-0.2, 0) is 4.74 Å². The van der Waals surface area contributed by atoms with Crippen LogP contribution in [0.3, 0.4) is 0 Å². The summed E-state index contributed by atoms with van der Waals surface area (Å²) in [5.74, 6) is 0. The molecule has 0 bridgehead atoms. The third kappa shape index (κ3) is 5.01. The maximum Gasteiger partial charge on any atom is 0.0917 e. The van der Waals surface area contributed by atoms with Crippen molar-refractivity contribution in [2.45, 2.75) is 39.3 Å². The van der Waals surface area contributed by atoms with Crippen LogP contribution in [0.25, 0.3) is 0 Å². The van der Waals surface area contributed by atoms with Gasteiger partial charge in [-0.2, -0.15) is 0 Å². The van der Waals surface area contributed by atoms with Crippen LogP contribution in [0.1, 0.15) is 36.1 Å². The summed E-state index contributed by atoms with van der Waals surface area (Å²) in [6.07, 6.45) is 0.734. The second kappa shape index (κ2) is 8.78. The van der Waals surface area contributed by atoms with Gasteiger partial charge >= 0.3 is 0 Å². The molecule has 1 aromatic rings. The minimum absolute atomic E-state index is 0.405. The summed E-state index contributed by atoms with van der Waals surface area (Å²) in [4.78, 5) is 4.92. The van der Waals surface area contributed by atoms with Crippen molar-refractivity contribution in [1.82, 2.24) is 9.80 Å². The minimum Gasteiger partial charge on any atom is -0.387 e. The molecule has 0 aromatic heterocycles. The van der Waals surface area contributed by atoms with Crippen LogP contribution in [0.5, 0.6) is 0 Å². The second-order valence-corrected chi connectivity index (χ2v) is 6.71. The summed E-state index contributed by atoms with van der Waals surface area (Å²) in [6.45, 7) is 12.1. The molecule has 0 amide bonds. The molecule has 0 aliphatic carbocycles. The SMILES string of the molecule is CC[C@H]1CN(C[C@@H](O)c2ccc(C)c(C)c2)CCN1CCOC. The van der Waals surface area contributed by atoms with Crippen LogP contribution in [0.4, 0.5) is 0 Å². The van der Waals surface area contributed by atoms with E-state index in [2.05, 4.69) is 48.8 Å². The largest absolute Gasteiger partial charge is 0.387 e. The van der Waals surface area contributed by atoms with Crippen molar-refractivity contribution in [3.63, 3.8) is 0 Å². The lowest BCUT2D eigenvalue weighted by molar-refractivity contribution is 0.0260. The van der Waals surface area contributed by atoms with E-state index in [-0.39, 0.29) is 0 Å². The fourth-order valence-electron chi connectivity index (χ4n) is 3.34. The number of methoxy groups -OCH3 is 1. The number of hydrogen-bond donors (Lipinski definition) is 1. The van der Waals surface area contributed by atoms with E-state index in [4.69, 9.17) is 4.74 Å². The van der Waals surface area contributed by atoms with E-state index < -0.39 is 6.10 Å². The molecule has 2 rings (SSSR count). The maximum atomic E-state index is 10.6. The Labute approximate surface area is 141 Å². The Balaban J connectivity index is 1.91. The summed E-state index contributed by atoms with van der Waals surface area (Å²) in [6, 6.07) is 6.84. The first kappa shape index (κ1) is 18.4. The van der Waals surface area contributed by atoms with Gasteiger partial charge in [0.25, 0.3) is 0 Å². The molecule has 4 nitrogen and oxygen atoms in total. The molecule has 4 heteroatoms. The molecular formula is C19H32N2O2. The second-order valence-electron chi connectivity index (χ2n) is 6.71. The molecule has 1 fully saturated rings. The fourth-order valence-corrected chi connectivity index (χ4v) is 3.34. The lowest BCUT2D eigenvalue weighted by Crippen LogP contribution is -2.54. The number of rotatable bonds is 7. The van der Waals surface area contributed by atoms with E-state index in [1.165, 1.54) is 11.1 Å². The monoisotopic (exact) mass is 320 g/mol. The van der Waals surface area contributed by atoms with Gasteiger partial charge in [0.2, 0.25) is 0 Å². The highest BCUT2D eigenvalue weighted by molar-refractivity contribution is 5.31. The van der Waals surface area contributed by atoms with E-state index in [0.29, 0.717) is 6.04 Å². The van der Waals surface area contributed by atoms with E-state index in [1.807, 2.05) is 0 Å². The molecular weight excluding hydrogens is 288 g/mol. The van der Waals surface area contributed by atoms with E-state index in [1.54, 1.807) is 7.11 Å². The predicted molar refractivity (Wildman–Crippen MR) is 94.8 cm³/mol. The maximum absolute atomic E-state index is 10.6. The minimum atomic E-state index is -0.405. The number of benzene rings is 1. The number of piperazine rings is 1. The normalized spacial score (nSPS) is 21.5. The van der Waals surface area contributed by atoms with Crippen molar-refractivity contribution in [1.29, 1.82) is 0 Å². The predicted octanol–water partition coefficient (Wildman–Crippen LogP) is 2.38. The first-order valence-electron chi connectivity index (χ1n) is 8.75. The van der Waals surface area contributed by atoms with E-state index in [0.717, 1.165) is 51.3 Å². The van der Waals surface area contributed by atoms with Crippen molar-refractivity contribution in [2.24, 2.45) is 0 Å². The van der Waals surface area contributed by atoms with Gasteiger partial charge in [-0.1, -0.05) is 25.1 Å². The molecule has 0 radical (unpaired) electrons. The smallest absolute Gasteiger partial charge is 0.0917 e. The number of β-amino-alcohol motifs (C(OH)–C–C–N with tert-alkyl or cyclic N) is 1. The summed E-state index contributed by atoms with van der Waals surface area (Å²) in [7, 11) is 1.76. The Morgan fingerprint density at radius 2 is 2.04 bits per heavy atom. The summed E-state index contributed by atoms with van der Waals surface area (Å²) in [5.41, 5.74) is 3.55. The summed E-state index contributed by atoms with van der Waals surface area (Å²) in [5, 5.41) is 10.6. The number of aryl methyl sites for hydroxylation is 2. The average Bonchev–Trinajstić information content (AvgIpc) is 2.55. The van der Waals surface area contributed by atoms with Crippen LogP contribution >= 0.6 is 0 Å². The number of nitrogens with zero attached hydrogens (tertiary/aromatic N) is 2. The van der Waals surface area contributed by atoms with E-state index >= 15 is 0 Å². The zero-order chi connectivity index (χ0) is 16.8. The Morgan fingerprint density at radius 3 is 2.70 bits per heavy atom. The number of ether oxygens (including phenoxy) is 1. The molecule has 0 unspecified atom stereocenters. The van der Waals surface area contributed by atoms with Crippen molar-refractivity contribution in [3.8, 4) is 0 Å². The molecule has 1 aromatic carbocycles. The summed E-state index contributed by atoms with van der Waals surface area (Å²) < 4.78 is 5.21. The molecule has 130 valence electrons. The molecule has 1 N–H and O–H groups in total. The molecule has 1 aliphatic rings. The first-order valence-corrected chi connectivity index (χ1v) is 8.75. The molecule has 1 aliphatic heterocycles. The third-order valence-corrected chi connectivity index (χ3v) is 5.09. The quantitative estimate of drug-likeness (QED) is 0.837. The van der Waals surface area contributed by atoms with Gasteiger partial charge in [0, 0.05) is 45.9 Å². The standard InChI is InChI=1S/C19H32N2O2/c1-5-18-13-20(8-9-21(18)10-11-23-4)14-19(22)17-7-6-15(2)16(3)12-17/h6-7,12,18-19,22H,5,8-11,13-14H2,1-4H3/t18-,19+/m0/s1. The lowest BCUT2D eigenvalue weighted by Gasteiger charge is -2.41. The van der Waals surface area contributed by atoms with Crippen LogP contribution in [-0.4, -0.2) is 67.4 Å². The highest BCUT2D eigenvalue weighted by atomic mass is 16.5. The van der Waals surface area contributed by atoms with Gasteiger partial charge in [-0.15, -0.1) is 0 Å². The Kier molecular flexibility index (Phi) is 7.03. The number of aliphatic hydroxyl groups excluding tert-OH is 1. The van der Waals surface area contributed by atoms with Crippen LogP contribution in [0, 0.1) is 13.8 Å². The summed E-state index contributed by atoms with van der Waals surface area (Å²) >= 11 is 0. The topological polar surface area (TPSA) is 35.9 Å². The van der Waals surface area contributed by atoms with Gasteiger partial charge in [-0.3, -0.25) is 9.80 Å². The zero-order valence-electron chi connectivity index (χ0n) is 15.1. The van der Waals surface area contributed by atoms with Crippen molar-refractivity contribution < 1.29 is 9.84 Å². The molecule has 1 heterocycles.